The number of hydrogen-bond donors (Lipinski definition) is 1. The average Bonchev–Trinajstić information content (AvgIpc) is 3.19. The van der Waals surface area contributed by atoms with E-state index < -0.39 is 5.97 Å². The first-order valence-corrected chi connectivity index (χ1v) is 7.94. The van der Waals surface area contributed by atoms with Gasteiger partial charge in [-0.15, -0.1) is 0 Å². The van der Waals surface area contributed by atoms with E-state index in [1.54, 1.807) is 0 Å². The number of carboxylic acids is 1. The van der Waals surface area contributed by atoms with Gasteiger partial charge in [-0.3, -0.25) is 0 Å². The third-order valence-electron chi connectivity index (χ3n) is 3.49. The first kappa shape index (κ1) is 14.4. The van der Waals surface area contributed by atoms with E-state index >= 15 is 0 Å². The van der Waals surface area contributed by atoms with Gasteiger partial charge in [0.25, 0.3) is 0 Å². The normalized spacial score (nSPS) is 14.2. The van der Waals surface area contributed by atoms with Crippen molar-refractivity contribution in [2.24, 2.45) is 0 Å². The molecule has 0 bridgehead atoms. The minimum atomic E-state index is -0.883. The van der Waals surface area contributed by atoms with Crippen molar-refractivity contribution >= 4 is 34.0 Å². The summed E-state index contributed by atoms with van der Waals surface area (Å²) in [5, 5.41) is 10.7. The Morgan fingerprint density at radius 2 is 2.19 bits per heavy atom. The van der Waals surface area contributed by atoms with Gasteiger partial charge in [0.1, 0.15) is 4.88 Å². The fourth-order valence-corrected chi connectivity index (χ4v) is 3.37. The van der Waals surface area contributed by atoms with Crippen molar-refractivity contribution in [3.05, 3.63) is 45.4 Å². The molecule has 0 amide bonds. The largest absolute Gasteiger partial charge is 0.477 e. The molecule has 6 heteroatoms. The number of rotatable bonds is 5. The van der Waals surface area contributed by atoms with Crippen LogP contribution in [0.15, 0.2) is 24.3 Å². The molecule has 1 heterocycles. The number of hydrogen-bond acceptors (Lipinski definition) is 4. The molecular weight excluding hydrogens is 308 g/mol. The number of carbonyl (C=O) groups is 1. The maximum atomic E-state index is 11.3. The Kier molecular flexibility index (Phi) is 3.87. The third kappa shape index (κ3) is 3.04. The highest BCUT2D eigenvalue weighted by Crippen LogP contribution is 2.44. The van der Waals surface area contributed by atoms with E-state index in [9.17, 15) is 9.90 Å². The van der Waals surface area contributed by atoms with Crippen LogP contribution in [0.1, 0.15) is 39.7 Å². The van der Waals surface area contributed by atoms with Gasteiger partial charge in [0.15, 0.2) is 5.13 Å². The van der Waals surface area contributed by atoms with Crippen LogP contribution in [0.2, 0.25) is 5.02 Å². The van der Waals surface area contributed by atoms with Crippen LogP contribution in [0.25, 0.3) is 0 Å². The monoisotopic (exact) mass is 322 g/mol. The first-order valence-electron chi connectivity index (χ1n) is 6.75. The lowest BCUT2D eigenvalue weighted by Crippen LogP contribution is -2.16. The zero-order valence-electron chi connectivity index (χ0n) is 11.5. The van der Waals surface area contributed by atoms with Gasteiger partial charge < -0.3 is 10.0 Å². The number of carboxylic acid groups (broad SMARTS) is 1. The Labute approximate surface area is 132 Å². The van der Waals surface area contributed by atoms with E-state index in [4.69, 9.17) is 11.6 Å². The smallest absolute Gasteiger partial charge is 0.347 e. The summed E-state index contributed by atoms with van der Waals surface area (Å²) in [5.41, 5.74) is 1.75. The Bertz CT molecular complexity index is 682. The number of thiazole rings is 1. The fraction of sp³-hybridized carbons (Fsp3) is 0.333. The summed E-state index contributed by atoms with van der Waals surface area (Å²) in [6, 6.07) is 7.65. The highest BCUT2D eigenvalue weighted by molar-refractivity contribution is 7.17. The SMILES string of the molecule is CN(Cc1ccccc1Cl)c1nc(C2CC2)c(C(=O)O)s1. The standard InChI is InChI=1S/C15H15ClN2O2S/c1-18(8-10-4-2-3-5-11(10)16)15-17-12(9-6-7-9)13(21-15)14(19)20/h2-5,9H,6-8H2,1H3,(H,19,20). The van der Waals surface area contributed by atoms with Crippen LogP contribution in [0.5, 0.6) is 0 Å². The second-order valence-electron chi connectivity index (χ2n) is 5.24. The van der Waals surface area contributed by atoms with Crippen molar-refractivity contribution in [1.29, 1.82) is 0 Å². The lowest BCUT2D eigenvalue weighted by atomic mass is 10.2. The fourth-order valence-electron chi connectivity index (χ4n) is 2.22. The lowest BCUT2D eigenvalue weighted by Gasteiger charge is -2.16. The van der Waals surface area contributed by atoms with Crippen molar-refractivity contribution in [3.63, 3.8) is 0 Å². The molecule has 0 unspecified atom stereocenters. The van der Waals surface area contributed by atoms with E-state index in [2.05, 4.69) is 4.98 Å². The molecule has 0 atom stereocenters. The molecule has 1 N–H and O–H groups in total. The topological polar surface area (TPSA) is 53.4 Å². The van der Waals surface area contributed by atoms with Gasteiger partial charge in [-0.25, -0.2) is 9.78 Å². The highest BCUT2D eigenvalue weighted by Gasteiger charge is 2.32. The van der Waals surface area contributed by atoms with Crippen molar-refractivity contribution < 1.29 is 9.90 Å². The number of anilines is 1. The predicted octanol–water partition coefficient (Wildman–Crippen LogP) is 4.01. The number of aromatic carboxylic acids is 1. The molecule has 1 aromatic carbocycles. The van der Waals surface area contributed by atoms with E-state index in [0.717, 1.165) is 29.2 Å². The molecule has 3 rings (SSSR count). The van der Waals surface area contributed by atoms with E-state index in [1.165, 1.54) is 11.3 Å². The highest BCUT2D eigenvalue weighted by atomic mass is 35.5. The van der Waals surface area contributed by atoms with Crippen molar-refractivity contribution in [1.82, 2.24) is 4.98 Å². The molecular formula is C15H15ClN2O2S. The summed E-state index contributed by atoms with van der Waals surface area (Å²) >= 11 is 7.41. The zero-order valence-corrected chi connectivity index (χ0v) is 13.1. The summed E-state index contributed by atoms with van der Waals surface area (Å²) in [7, 11) is 1.91. The number of nitrogens with zero attached hydrogens (tertiary/aromatic N) is 2. The average molecular weight is 323 g/mol. The Morgan fingerprint density at radius 3 is 2.81 bits per heavy atom. The van der Waals surface area contributed by atoms with Crippen LogP contribution in [-0.2, 0) is 6.54 Å². The maximum absolute atomic E-state index is 11.3. The molecule has 1 saturated carbocycles. The molecule has 2 aromatic rings. The summed E-state index contributed by atoms with van der Waals surface area (Å²) in [6.07, 6.45) is 2.08. The Hall–Kier alpha value is -1.59. The van der Waals surface area contributed by atoms with Gasteiger partial charge in [0.2, 0.25) is 0 Å². The summed E-state index contributed by atoms with van der Waals surface area (Å²) < 4.78 is 0. The van der Waals surface area contributed by atoms with Crippen LogP contribution in [0, 0.1) is 0 Å². The molecule has 110 valence electrons. The van der Waals surface area contributed by atoms with Gasteiger partial charge in [0, 0.05) is 24.5 Å². The van der Waals surface area contributed by atoms with Crippen LogP contribution < -0.4 is 4.90 Å². The second kappa shape index (κ2) is 5.66. The minimum Gasteiger partial charge on any atom is -0.477 e. The third-order valence-corrected chi connectivity index (χ3v) is 5.03. The predicted molar refractivity (Wildman–Crippen MR) is 84.6 cm³/mol. The summed E-state index contributed by atoms with van der Waals surface area (Å²) in [5.74, 6) is -0.554. The van der Waals surface area contributed by atoms with Crippen molar-refractivity contribution in [2.45, 2.75) is 25.3 Å². The van der Waals surface area contributed by atoms with Gasteiger partial charge >= 0.3 is 5.97 Å². The van der Waals surface area contributed by atoms with Crippen molar-refractivity contribution in [2.75, 3.05) is 11.9 Å². The van der Waals surface area contributed by atoms with Gasteiger partial charge in [-0.05, 0) is 24.5 Å². The van der Waals surface area contributed by atoms with E-state index in [-0.39, 0.29) is 0 Å². The Morgan fingerprint density at radius 1 is 1.48 bits per heavy atom. The minimum absolute atomic E-state index is 0.329. The summed E-state index contributed by atoms with van der Waals surface area (Å²) in [6.45, 7) is 0.607. The molecule has 0 spiro atoms. The molecule has 0 radical (unpaired) electrons. The molecule has 1 aromatic heterocycles. The maximum Gasteiger partial charge on any atom is 0.347 e. The molecule has 1 fully saturated rings. The summed E-state index contributed by atoms with van der Waals surface area (Å²) in [4.78, 5) is 18.2. The molecule has 1 aliphatic rings. The molecule has 0 aliphatic heterocycles. The number of halogens is 1. The lowest BCUT2D eigenvalue weighted by molar-refractivity contribution is 0.0700. The van der Waals surface area contributed by atoms with Gasteiger partial charge in [-0.2, -0.15) is 0 Å². The molecule has 21 heavy (non-hydrogen) atoms. The van der Waals surface area contributed by atoms with Gasteiger partial charge in [0.05, 0.1) is 5.69 Å². The first-order chi connectivity index (χ1) is 10.1. The van der Waals surface area contributed by atoms with Crippen molar-refractivity contribution in [3.8, 4) is 0 Å². The molecule has 1 aliphatic carbocycles. The molecule has 0 saturated heterocycles. The van der Waals surface area contributed by atoms with Gasteiger partial charge in [-0.1, -0.05) is 41.1 Å². The van der Waals surface area contributed by atoms with E-state index in [0.29, 0.717) is 22.4 Å². The van der Waals surface area contributed by atoms with Crippen LogP contribution in [0.4, 0.5) is 5.13 Å². The second-order valence-corrected chi connectivity index (χ2v) is 6.62. The van der Waals surface area contributed by atoms with Crippen LogP contribution >= 0.6 is 22.9 Å². The van der Waals surface area contributed by atoms with Crippen LogP contribution in [0.3, 0.4) is 0 Å². The zero-order chi connectivity index (χ0) is 15.0. The molecule has 4 nitrogen and oxygen atoms in total. The number of aromatic nitrogens is 1. The van der Waals surface area contributed by atoms with Crippen LogP contribution in [-0.4, -0.2) is 23.1 Å². The quantitative estimate of drug-likeness (QED) is 0.903. The van der Waals surface area contributed by atoms with E-state index in [1.807, 2.05) is 36.2 Å². The Balaban J connectivity index is 1.84. The number of benzene rings is 1.